The third kappa shape index (κ3) is 3.27. The zero-order chi connectivity index (χ0) is 14.5. The number of urea groups is 1. The lowest BCUT2D eigenvalue weighted by Gasteiger charge is -2.16. The molecule has 2 rings (SSSR count). The molecule has 1 aromatic carbocycles. The van der Waals surface area contributed by atoms with Crippen LogP contribution in [0.1, 0.15) is 23.6 Å². The summed E-state index contributed by atoms with van der Waals surface area (Å²) in [7, 11) is 1.26. The average Bonchev–Trinajstić information content (AvgIpc) is 2.87. The fraction of sp³-hybridized carbons (Fsp3) is 0.429. The molecule has 0 aliphatic heterocycles. The first-order valence-electron chi connectivity index (χ1n) is 6.57. The summed E-state index contributed by atoms with van der Waals surface area (Å²) in [5.41, 5.74) is 7.96. The van der Waals surface area contributed by atoms with Crippen LogP contribution in [0.4, 0.5) is 4.79 Å². The first-order valence-corrected chi connectivity index (χ1v) is 6.57. The Hall–Kier alpha value is -2.08. The van der Waals surface area contributed by atoms with Crippen molar-refractivity contribution >= 4 is 12.0 Å². The fourth-order valence-electron chi connectivity index (χ4n) is 2.35. The largest absolute Gasteiger partial charge is 0.468 e. The molecule has 0 saturated carbocycles. The van der Waals surface area contributed by atoms with E-state index in [2.05, 4.69) is 21.4 Å². The molecule has 0 bridgehead atoms. The van der Waals surface area contributed by atoms with E-state index in [1.807, 2.05) is 18.2 Å². The van der Waals surface area contributed by atoms with E-state index >= 15 is 0 Å². The Morgan fingerprint density at radius 3 is 2.95 bits per heavy atom. The molecule has 1 aliphatic carbocycles. The Morgan fingerprint density at radius 2 is 2.20 bits per heavy atom. The SMILES string of the molecule is COC(=O)[C@@H](N)CNC(=O)N[C@@H]1CCc2ccccc21. The molecule has 2 atom stereocenters. The minimum Gasteiger partial charge on any atom is -0.468 e. The summed E-state index contributed by atoms with van der Waals surface area (Å²) >= 11 is 0. The first kappa shape index (κ1) is 14.3. The van der Waals surface area contributed by atoms with Gasteiger partial charge in [0, 0.05) is 6.54 Å². The molecule has 0 spiro atoms. The van der Waals surface area contributed by atoms with Crippen molar-refractivity contribution in [2.75, 3.05) is 13.7 Å². The van der Waals surface area contributed by atoms with E-state index in [1.54, 1.807) is 0 Å². The number of carbonyl (C=O) groups excluding carboxylic acids is 2. The van der Waals surface area contributed by atoms with Crippen LogP contribution in [0, 0.1) is 0 Å². The van der Waals surface area contributed by atoms with Crippen LogP contribution in [0.5, 0.6) is 0 Å². The van der Waals surface area contributed by atoms with E-state index in [0.29, 0.717) is 0 Å². The van der Waals surface area contributed by atoms with Gasteiger partial charge in [-0.3, -0.25) is 4.79 Å². The number of hydrogen-bond donors (Lipinski definition) is 3. The van der Waals surface area contributed by atoms with Crippen molar-refractivity contribution in [3.05, 3.63) is 35.4 Å². The van der Waals surface area contributed by atoms with E-state index < -0.39 is 12.0 Å². The third-order valence-electron chi connectivity index (χ3n) is 3.42. The van der Waals surface area contributed by atoms with Gasteiger partial charge in [0.05, 0.1) is 13.2 Å². The third-order valence-corrected chi connectivity index (χ3v) is 3.42. The number of benzene rings is 1. The van der Waals surface area contributed by atoms with Gasteiger partial charge in [-0.15, -0.1) is 0 Å². The topological polar surface area (TPSA) is 93.4 Å². The second-order valence-electron chi connectivity index (χ2n) is 4.77. The zero-order valence-corrected chi connectivity index (χ0v) is 11.4. The van der Waals surface area contributed by atoms with Crippen LogP contribution in [0.25, 0.3) is 0 Å². The molecule has 0 radical (unpaired) electrons. The summed E-state index contributed by atoms with van der Waals surface area (Å²) in [6.45, 7) is 0.0485. The maximum atomic E-state index is 11.8. The van der Waals surface area contributed by atoms with Crippen molar-refractivity contribution in [2.45, 2.75) is 24.9 Å². The Bertz CT molecular complexity index is 504. The van der Waals surface area contributed by atoms with Gasteiger partial charge in [-0.25, -0.2) is 4.79 Å². The van der Waals surface area contributed by atoms with Crippen molar-refractivity contribution in [3.63, 3.8) is 0 Å². The van der Waals surface area contributed by atoms with Crippen molar-refractivity contribution in [1.82, 2.24) is 10.6 Å². The van der Waals surface area contributed by atoms with E-state index in [-0.39, 0.29) is 18.6 Å². The maximum Gasteiger partial charge on any atom is 0.324 e. The summed E-state index contributed by atoms with van der Waals surface area (Å²) < 4.78 is 4.49. The molecule has 0 fully saturated rings. The highest BCUT2D eigenvalue weighted by atomic mass is 16.5. The van der Waals surface area contributed by atoms with Crippen LogP contribution in [-0.4, -0.2) is 31.7 Å². The van der Waals surface area contributed by atoms with Crippen LogP contribution in [0.3, 0.4) is 0 Å². The number of nitrogens with one attached hydrogen (secondary N) is 2. The molecule has 1 aromatic rings. The van der Waals surface area contributed by atoms with Gasteiger partial charge in [0.2, 0.25) is 0 Å². The lowest BCUT2D eigenvalue weighted by Crippen LogP contribution is -2.46. The molecule has 0 aromatic heterocycles. The second kappa shape index (κ2) is 6.38. The summed E-state index contributed by atoms with van der Waals surface area (Å²) in [5.74, 6) is -0.545. The van der Waals surface area contributed by atoms with Gasteiger partial charge in [0.25, 0.3) is 0 Å². The Morgan fingerprint density at radius 1 is 1.45 bits per heavy atom. The highest BCUT2D eigenvalue weighted by Crippen LogP contribution is 2.30. The van der Waals surface area contributed by atoms with Gasteiger partial charge in [0.15, 0.2) is 0 Å². The number of ether oxygens (including phenoxy) is 1. The van der Waals surface area contributed by atoms with Crippen LogP contribution in [0.15, 0.2) is 24.3 Å². The van der Waals surface area contributed by atoms with Gasteiger partial charge in [-0.2, -0.15) is 0 Å². The predicted molar refractivity (Wildman–Crippen MR) is 74.0 cm³/mol. The van der Waals surface area contributed by atoms with Crippen LogP contribution < -0.4 is 16.4 Å². The molecule has 0 heterocycles. The van der Waals surface area contributed by atoms with Crippen LogP contribution >= 0.6 is 0 Å². The van der Waals surface area contributed by atoms with E-state index in [0.717, 1.165) is 18.4 Å². The normalized spacial score (nSPS) is 18.0. The van der Waals surface area contributed by atoms with Crippen LogP contribution in [-0.2, 0) is 16.0 Å². The average molecular weight is 277 g/mol. The summed E-state index contributed by atoms with van der Waals surface area (Å²) in [6.07, 6.45) is 1.85. The lowest BCUT2D eigenvalue weighted by atomic mass is 10.1. The molecule has 1 aliphatic rings. The number of carbonyl (C=O) groups is 2. The smallest absolute Gasteiger partial charge is 0.324 e. The quantitative estimate of drug-likeness (QED) is 0.698. The van der Waals surface area contributed by atoms with Crippen LogP contribution in [0.2, 0.25) is 0 Å². The van der Waals surface area contributed by atoms with E-state index in [4.69, 9.17) is 5.73 Å². The molecule has 0 unspecified atom stereocenters. The molecular weight excluding hydrogens is 258 g/mol. The molecule has 0 saturated heterocycles. The van der Waals surface area contributed by atoms with E-state index in [1.165, 1.54) is 12.7 Å². The second-order valence-corrected chi connectivity index (χ2v) is 4.77. The minimum absolute atomic E-state index is 0.0144. The highest BCUT2D eigenvalue weighted by molar-refractivity contribution is 5.78. The maximum absolute atomic E-state index is 11.8. The van der Waals surface area contributed by atoms with Crippen molar-refractivity contribution < 1.29 is 14.3 Å². The molecule has 6 nitrogen and oxygen atoms in total. The molecule has 20 heavy (non-hydrogen) atoms. The fourth-order valence-corrected chi connectivity index (χ4v) is 2.35. The Labute approximate surface area is 117 Å². The molecular formula is C14H19N3O3. The molecule has 4 N–H and O–H groups in total. The van der Waals surface area contributed by atoms with Gasteiger partial charge in [0.1, 0.15) is 6.04 Å². The van der Waals surface area contributed by atoms with Gasteiger partial charge in [-0.1, -0.05) is 24.3 Å². The summed E-state index contributed by atoms with van der Waals surface area (Å²) in [5, 5.41) is 5.47. The number of esters is 1. The monoisotopic (exact) mass is 277 g/mol. The predicted octanol–water partition coefficient (Wildman–Crippen LogP) is 0.473. The minimum atomic E-state index is -0.846. The van der Waals surface area contributed by atoms with Gasteiger partial charge < -0.3 is 21.1 Å². The first-order chi connectivity index (χ1) is 9.61. The number of amides is 2. The van der Waals surface area contributed by atoms with Gasteiger partial charge in [-0.05, 0) is 24.0 Å². The molecule has 6 heteroatoms. The highest BCUT2D eigenvalue weighted by Gasteiger charge is 2.23. The molecule has 2 amide bonds. The van der Waals surface area contributed by atoms with Crippen molar-refractivity contribution in [1.29, 1.82) is 0 Å². The number of rotatable bonds is 4. The van der Waals surface area contributed by atoms with E-state index in [9.17, 15) is 9.59 Å². The number of aryl methyl sites for hydroxylation is 1. The van der Waals surface area contributed by atoms with Crippen molar-refractivity contribution in [3.8, 4) is 0 Å². The number of hydrogen-bond acceptors (Lipinski definition) is 4. The standard InChI is InChI=1S/C14H19N3O3/c1-20-13(18)11(15)8-16-14(19)17-12-7-6-9-4-2-3-5-10(9)12/h2-5,11-12H,6-8,15H2,1H3,(H2,16,17,19)/t11-,12+/m0/s1. The lowest BCUT2D eigenvalue weighted by molar-refractivity contribution is -0.141. The Kier molecular flexibility index (Phi) is 4.57. The number of fused-ring (bicyclic) bond motifs is 1. The van der Waals surface area contributed by atoms with Crippen molar-refractivity contribution in [2.24, 2.45) is 5.73 Å². The van der Waals surface area contributed by atoms with Gasteiger partial charge >= 0.3 is 12.0 Å². The zero-order valence-electron chi connectivity index (χ0n) is 11.4. The molecule has 108 valence electrons. The summed E-state index contributed by atoms with van der Waals surface area (Å²) in [6, 6.07) is 6.89. The summed E-state index contributed by atoms with van der Waals surface area (Å²) in [4.78, 5) is 22.9. The Balaban J connectivity index is 1.83. The number of methoxy groups -OCH3 is 1. The number of nitrogens with two attached hydrogens (primary N) is 1.